The second-order valence-corrected chi connectivity index (χ2v) is 4.52. The van der Waals surface area contributed by atoms with Crippen LogP contribution in [0.15, 0.2) is 18.2 Å². The molecule has 1 atom stereocenters. The monoisotopic (exact) mass is 270 g/mol. The van der Waals surface area contributed by atoms with Crippen LogP contribution in [0.1, 0.15) is 26.7 Å². The number of hydrogen-bond acceptors (Lipinski definition) is 3. The normalized spacial score (nSPS) is 12.2. The smallest absolute Gasteiger partial charge is 0.253 e. The number of anilines is 2. The Morgan fingerprint density at radius 3 is 2.89 bits per heavy atom. The summed E-state index contributed by atoms with van der Waals surface area (Å²) < 4.78 is 5.40. The molecule has 1 unspecified atom stereocenters. The third-order valence-corrected chi connectivity index (χ3v) is 2.74. The Balaban J connectivity index is 2.53. The summed E-state index contributed by atoms with van der Waals surface area (Å²) in [4.78, 5) is 11.8. The van der Waals surface area contributed by atoms with Gasteiger partial charge in [-0.05, 0) is 31.5 Å². The molecule has 3 N–H and O–H groups in total. The molecule has 4 nitrogen and oxygen atoms in total. The number of carbonyl (C=O) groups excluding carboxylic acids is 1. The summed E-state index contributed by atoms with van der Waals surface area (Å²) in [5, 5.41) is 3.26. The minimum absolute atomic E-state index is 0.208. The highest BCUT2D eigenvalue weighted by Gasteiger charge is 2.14. The first kappa shape index (κ1) is 14.8. The fourth-order valence-corrected chi connectivity index (χ4v) is 1.54. The van der Waals surface area contributed by atoms with Gasteiger partial charge in [0.2, 0.25) is 0 Å². The van der Waals surface area contributed by atoms with Crippen molar-refractivity contribution in [3.63, 3.8) is 0 Å². The van der Waals surface area contributed by atoms with E-state index in [4.69, 9.17) is 22.1 Å². The number of halogens is 1. The van der Waals surface area contributed by atoms with Crippen molar-refractivity contribution in [2.24, 2.45) is 0 Å². The minimum atomic E-state index is -0.494. The number of nitrogen functional groups attached to an aromatic ring is 1. The summed E-state index contributed by atoms with van der Waals surface area (Å²) in [6.45, 7) is 4.38. The molecule has 0 aliphatic carbocycles. The summed E-state index contributed by atoms with van der Waals surface area (Å²) >= 11 is 5.78. The fourth-order valence-electron chi connectivity index (χ4n) is 1.36. The van der Waals surface area contributed by atoms with Crippen LogP contribution >= 0.6 is 11.6 Å². The molecule has 0 radical (unpaired) electrons. The predicted octanol–water partition coefficient (Wildman–Crippen LogP) is 3.07. The van der Waals surface area contributed by atoms with E-state index in [2.05, 4.69) is 12.2 Å². The van der Waals surface area contributed by atoms with E-state index in [0.29, 0.717) is 23.0 Å². The lowest BCUT2D eigenvalue weighted by Crippen LogP contribution is -2.28. The highest BCUT2D eigenvalue weighted by molar-refractivity contribution is 6.31. The van der Waals surface area contributed by atoms with Crippen LogP contribution in [0, 0.1) is 0 Å². The fraction of sp³-hybridized carbons (Fsp3) is 0.462. The number of unbranched alkanes of at least 4 members (excludes halogenated alkanes) is 1. The first-order chi connectivity index (χ1) is 8.54. The van der Waals surface area contributed by atoms with Crippen molar-refractivity contribution in [1.82, 2.24) is 0 Å². The average Bonchev–Trinajstić information content (AvgIpc) is 2.32. The largest absolute Gasteiger partial charge is 0.397 e. The Hall–Kier alpha value is -1.26. The lowest BCUT2D eigenvalue weighted by atomic mass is 10.2. The summed E-state index contributed by atoms with van der Waals surface area (Å²) in [6, 6.07) is 4.95. The number of hydrogen-bond donors (Lipinski definition) is 2. The maximum absolute atomic E-state index is 11.8. The van der Waals surface area contributed by atoms with E-state index in [1.54, 1.807) is 25.1 Å². The summed E-state index contributed by atoms with van der Waals surface area (Å²) in [5.74, 6) is -0.208. The van der Waals surface area contributed by atoms with Gasteiger partial charge < -0.3 is 15.8 Å². The average molecular weight is 271 g/mol. The molecule has 100 valence electrons. The van der Waals surface area contributed by atoms with E-state index in [9.17, 15) is 4.79 Å². The van der Waals surface area contributed by atoms with Crippen molar-refractivity contribution in [1.29, 1.82) is 0 Å². The van der Waals surface area contributed by atoms with Crippen LogP contribution in [0.2, 0.25) is 5.02 Å². The van der Waals surface area contributed by atoms with E-state index in [1.807, 2.05) is 0 Å². The molecule has 0 aliphatic heterocycles. The third kappa shape index (κ3) is 4.55. The number of carbonyl (C=O) groups is 1. The number of benzene rings is 1. The van der Waals surface area contributed by atoms with Gasteiger partial charge in [-0.2, -0.15) is 0 Å². The van der Waals surface area contributed by atoms with Gasteiger partial charge >= 0.3 is 0 Å². The van der Waals surface area contributed by atoms with E-state index in [0.717, 1.165) is 12.8 Å². The molecule has 0 aliphatic rings. The zero-order valence-corrected chi connectivity index (χ0v) is 11.5. The number of nitrogens with two attached hydrogens (primary N) is 1. The van der Waals surface area contributed by atoms with Gasteiger partial charge in [0.25, 0.3) is 5.91 Å². The van der Waals surface area contributed by atoms with Crippen molar-refractivity contribution < 1.29 is 9.53 Å². The first-order valence-corrected chi connectivity index (χ1v) is 6.40. The van der Waals surface area contributed by atoms with Crippen LogP contribution in [0.5, 0.6) is 0 Å². The molecule has 0 heterocycles. The molecule has 0 fully saturated rings. The van der Waals surface area contributed by atoms with Gasteiger partial charge in [0, 0.05) is 11.6 Å². The first-order valence-electron chi connectivity index (χ1n) is 6.02. The Morgan fingerprint density at radius 2 is 2.28 bits per heavy atom. The number of rotatable bonds is 6. The quantitative estimate of drug-likeness (QED) is 0.617. The molecule has 0 saturated carbocycles. The lowest BCUT2D eigenvalue weighted by Gasteiger charge is -2.14. The predicted molar refractivity (Wildman–Crippen MR) is 74.8 cm³/mol. The molecule has 1 aromatic rings. The van der Waals surface area contributed by atoms with Gasteiger partial charge in [0.1, 0.15) is 6.10 Å². The van der Waals surface area contributed by atoms with E-state index in [-0.39, 0.29) is 5.91 Å². The molecule has 1 aromatic carbocycles. The Labute approximate surface area is 112 Å². The summed E-state index contributed by atoms with van der Waals surface area (Å²) in [5.41, 5.74) is 6.74. The molecule has 0 spiro atoms. The Bertz CT molecular complexity index is 410. The topological polar surface area (TPSA) is 64.3 Å². The Morgan fingerprint density at radius 1 is 1.56 bits per heavy atom. The molecule has 0 saturated heterocycles. The molecular weight excluding hydrogens is 252 g/mol. The van der Waals surface area contributed by atoms with Gasteiger partial charge in [0.05, 0.1) is 11.4 Å². The zero-order valence-electron chi connectivity index (χ0n) is 10.7. The van der Waals surface area contributed by atoms with Gasteiger partial charge in [-0.1, -0.05) is 24.9 Å². The maximum atomic E-state index is 11.8. The number of amides is 1. The van der Waals surface area contributed by atoms with Crippen LogP contribution < -0.4 is 11.1 Å². The molecular formula is C13H19ClN2O2. The number of ether oxygens (including phenoxy) is 1. The molecule has 18 heavy (non-hydrogen) atoms. The van der Waals surface area contributed by atoms with Gasteiger partial charge in [-0.25, -0.2) is 0 Å². The van der Waals surface area contributed by atoms with Gasteiger partial charge in [-0.15, -0.1) is 0 Å². The summed E-state index contributed by atoms with van der Waals surface area (Å²) in [6.07, 6.45) is 1.49. The third-order valence-electron chi connectivity index (χ3n) is 2.51. The molecule has 0 bridgehead atoms. The lowest BCUT2D eigenvalue weighted by molar-refractivity contribution is -0.126. The van der Waals surface area contributed by atoms with Crippen LogP contribution in [0.25, 0.3) is 0 Å². The van der Waals surface area contributed by atoms with Crippen LogP contribution in [-0.2, 0) is 9.53 Å². The van der Waals surface area contributed by atoms with E-state index >= 15 is 0 Å². The van der Waals surface area contributed by atoms with Crippen molar-refractivity contribution in [2.75, 3.05) is 17.7 Å². The summed E-state index contributed by atoms with van der Waals surface area (Å²) in [7, 11) is 0. The van der Waals surface area contributed by atoms with Gasteiger partial charge in [-0.3, -0.25) is 4.79 Å². The van der Waals surface area contributed by atoms with Gasteiger partial charge in [0.15, 0.2) is 0 Å². The molecule has 5 heteroatoms. The van der Waals surface area contributed by atoms with Crippen molar-refractivity contribution in [3.05, 3.63) is 23.2 Å². The molecule has 0 aromatic heterocycles. The second kappa shape index (κ2) is 7.24. The molecule has 1 amide bonds. The SMILES string of the molecule is CCCCOC(C)C(=O)Nc1ccc(Cl)cc1N. The standard InChI is InChI=1S/C13H19ClN2O2/c1-3-4-7-18-9(2)13(17)16-12-6-5-10(14)8-11(12)15/h5-6,8-9H,3-4,7,15H2,1-2H3,(H,16,17). The van der Waals surface area contributed by atoms with Crippen molar-refractivity contribution in [2.45, 2.75) is 32.8 Å². The molecule has 1 rings (SSSR count). The number of nitrogens with one attached hydrogen (secondary N) is 1. The van der Waals surface area contributed by atoms with Crippen LogP contribution in [0.3, 0.4) is 0 Å². The minimum Gasteiger partial charge on any atom is -0.397 e. The van der Waals surface area contributed by atoms with E-state index in [1.165, 1.54) is 0 Å². The highest BCUT2D eigenvalue weighted by atomic mass is 35.5. The van der Waals surface area contributed by atoms with Crippen molar-refractivity contribution >= 4 is 28.9 Å². The van der Waals surface area contributed by atoms with Crippen LogP contribution in [0.4, 0.5) is 11.4 Å². The zero-order chi connectivity index (χ0) is 13.5. The van der Waals surface area contributed by atoms with Crippen LogP contribution in [-0.4, -0.2) is 18.6 Å². The highest BCUT2D eigenvalue weighted by Crippen LogP contribution is 2.22. The second-order valence-electron chi connectivity index (χ2n) is 4.09. The maximum Gasteiger partial charge on any atom is 0.253 e. The van der Waals surface area contributed by atoms with Crippen molar-refractivity contribution in [3.8, 4) is 0 Å². The van der Waals surface area contributed by atoms with E-state index < -0.39 is 6.10 Å². The Kier molecular flexibility index (Phi) is 5.95.